The Bertz CT molecular complexity index is 987. The molecule has 0 unspecified atom stereocenters. The molecule has 3 rings (SSSR count). The Kier molecular flexibility index (Phi) is 7.21. The maximum absolute atomic E-state index is 12.6. The zero-order valence-corrected chi connectivity index (χ0v) is 17.9. The molecular formula is C24H24N2O3S. The molecule has 0 aromatic heterocycles. The van der Waals surface area contributed by atoms with Crippen LogP contribution in [-0.2, 0) is 4.79 Å². The topological polar surface area (TPSA) is 62.6 Å². The lowest BCUT2D eigenvalue weighted by Crippen LogP contribution is -2.37. The van der Waals surface area contributed by atoms with E-state index in [0.29, 0.717) is 11.7 Å². The molecule has 0 atom stereocenters. The molecule has 0 saturated carbocycles. The number of carbonyl (C=O) groups is 1. The Balaban J connectivity index is 1.81. The minimum absolute atomic E-state index is 0.0961. The first-order chi connectivity index (χ1) is 14.5. The predicted octanol–water partition coefficient (Wildman–Crippen LogP) is 4.62. The largest absolute Gasteiger partial charge is 0.493 e. The molecule has 2 aromatic carbocycles. The first-order valence-corrected chi connectivity index (χ1v) is 10.3. The number of nitriles is 1. The molecule has 0 radical (unpaired) electrons. The van der Waals surface area contributed by atoms with Gasteiger partial charge in [0.2, 0.25) is 0 Å². The summed E-state index contributed by atoms with van der Waals surface area (Å²) in [6.45, 7) is 4.08. The third-order valence-electron chi connectivity index (χ3n) is 5.14. The van der Waals surface area contributed by atoms with Gasteiger partial charge in [-0.25, -0.2) is 4.79 Å². The molecule has 0 aliphatic carbocycles. The lowest BCUT2D eigenvalue weighted by Gasteiger charge is -2.32. The Hall–Kier alpha value is -3.17. The normalized spacial score (nSPS) is 14.7. The number of hydrogen-bond donors (Lipinski definition) is 0. The summed E-state index contributed by atoms with van der Waals surface area (Å²) >= 11 is 5.67. The van der Waals surface area contributed by atoms with E-state index in [2.05, 4.69) is 11.8 Å². The fourth-order valence-electron chi connectivity index (χ4n) is 3.29. The molecule has 1 saturated heterocycles. The van der Waals surface area contributed by atoms with Gasteiger partial charge in [-0.3, -0.25) is 0 Å². The number of hydrogen-bond acceptors (Lipinski definition) is 5. The van der Waals surface area contributed by atoms with Crippen LogP contribution in [0.4, 0.5) is 0 Å². The number of rotatable bonds is 5. The van der Waals surface area contributed by atoms with Crippen LogP contribution < -0.4 is 9.47 Å². The second-order valence-electron chi connectivity index (χ2n) is 7.31. The van der Waals surface area contributed by atoms with Crippen molar-refractivity contribution in [1.29, 1.82) is 5.26 Å². The van der Waals surface area contributed by atoms with Gasteiger partial charge < -0.3 is 14.4 Å². The van der Waals surface area contributed by atoms with E-state index < -0.39 is 5.97 Å². The summed E-state index contributed by atoms with van der Waals surface area (Å²) in [7, 11) is 1.50. The summed E-state index contributed by atoms with van der Waals surface area (Å²) in [4.78, 5) is 15.5. The van der Waals surface area contributed by atoms with Crippen molar-refractivity contribution in [2.24, 2.45) is 5.92 Å². The second-order valence-corrected chi connectivity index (χ2v) is 7.70. The van der Waals surface area contributed by atoms with Crippen molar-refractivity contribution < 1.29 is 14.3 Å². The highest BCUT2D eigenvalue weighted by Crippen LogP contribution is 2.30. The zero-order chi connectivity index (χ0) is 21.5. The van der Waals surface area contributed by atoms with Gasteiger partial charge in [0.05, 0.1) is 7.11 Å². The van der Waals surface area contributed by atoms with Crippen LogP contribution in [0.2, 0.25) is 0 Å². The Labute approximate surface area is 182 Å². The predicted molar refractivity (Wildman–Crippen MR) is 120 cm³/mol. The quantitative estimate of drug-likeness (QED) is 0.231. The number of carbonyl (C=O) groups excluding carboxylic acids is 1. The van der Waals surface area contributed by atoms with Crippen LogP contribution in [0.1, 0.15) is 30.9 Å². The monoisotopic (exact) mass is 420 g/mol. The minimum Gasteiger partial charge on any atom is -0.493 e. The van der Waals surface area contributed by atoms with Gasteiger partial charge in [0.15, 0.2) is 11.5 Å². The Morgan fingerprint density at radius 1 is 1.17 bits per heavy atom. The summed E-state index contributed by atoms with van der Waals surface area (Å²) in [6.07, 6.45) is 3.71. The second kappa shape index (κ2) is 10.0. The summed E-state index contributed by atoms with van der Waals surface area (Å²) in [5.74, 6) is 0.605. The molecule has 2 aromatic rings. The highest BCUT2D eigenvalue weighted by molar-refractivity contribution is 7.80. The van der Waals surface area contributed by atoms with Crippen LogP contribution in [0.5, 0.6) is 11.5 Å². The number of likely N-dealkylation sites (tertiary alicyclic amines) is 1. The van der Waals surface area contributed by atoms with Crippen molar-refractivity contribution in [2.75, 3.05) is 20.2 Å². The number of nitrogens with zero attached hydrogens (tertiary/aromatic N) is 2. The van der Waals surface area contributed by atoms with E-state index in [9.17, 15) is 10.1 Å². The summed E-state index contributed by atoms with van der Waals surface area (Å²) in [6, 6.07) is 16.4. The van der Waals surface area contributed by atoms with E-state index in [1.54, 1.807) is 12.1 Å². The molecule has 1 aliphatic rings. The van der Waals surface area contributed by atoms with Gasteiger partial charge in [0.1, 0.15) is 16.6 Å². The zero-order valence-electron chi connectivity index (χ0n) is 17.1. The van der Waals surface area contributed by atoms with Gasteiger partial charge in [-0.1, -0.05) is 49.5 Å². The molecule has 30 heavy (non-hydrogen) atoms. The minimum atomic E-state index is -0.741. The number of thiocarbonyl (C=S) groups is 1. The fourth-order valence-corrected chi connectivity index (χ4v) is 3.60. The van der Waals surface area contributed by atoms with Gasteiger partial charge in [-0.05, 0) is 48.6 Å². The molecule has 1 heterocycles. The van der Waals surface area contributed by atoms with E-state index >= 15 is 0 Å². The van der Waals surface area contributed by atoms with Gasteiger partial charge >= 0.3 is 5.97 Å². The third-order valence-corrected chi connectivity index (χ3v) is 5.63. The van der Waals surface area contributed by atoms with Crippen LogP contribution in [0.15, 0.2) is 54.1 Å². The first-order valence-electron chi connectivity index (χ1n) is 9.88. The van der Waals surface area contributed by atoms with Crippen molar-refractivity contribution >= 4 is 29.3 Å². The highest BCUT2D eigenvalue weighted by Gasteiger charge is 2.21. The average molecular weight is 421 g/mol. The molecule has 0 bridgehead atoms. The van der Waals surface area contributed by atoms with Gasteiger partial charge in [-0.2, -0.15) is 5.26 Å². The maximum atomic E-state index is 12.6. The van der Waals surface area contributed by atoms with Crippen molar-refractivity contribution in [1.82, 2.24) is 4.90 Å². The van der Waals surface area contributed by atoms with E-state index in [-0.39, 0.29) is 11.3 Å². The third kappa shape index (κ3) is 5.25. The number of methoxy groups -OCH3 is 1. The van der Waals surface area contributed by atoms with Crippen molar-refractivity contribution in [2.45, 2.75) is 19.8 Å². The lowest BCUT2D eigenvalue weighted by atomic mass is 9.99. The molecule has 154 valence electrons. The van der Waals surface area contributed by atoms with Crippen LogP contribution in [0.25, 0.3) is 6.08 Å². The smallest absolute Gasteiger partial charge is 0.354 e. The van der Waals surface area contributed by atoms with Crippen molar-refractivity contribution in [3.63, 3.8) is 0 Å². The Morgan fingerprint density at radius 3 is 2.50 bits per heavy atom. The van der Waals surface area contributed by atoms with Crippen LogP contribution in [0, 0.1) is 17.2 Å². The molecule has 0 N–H and O–H groups in total. The lowest BCUT2D eigenvalue weighted by molar-refractivity contribution is -0.129. The van der Waals surface area contributed by atoms with Crippen molar-refractivity contribution in [3.05, 3.63) is 65.2 Å². The van der Waals surface area contributed by atoms with Gasteiger partial charge in [0, 0.05) is 18.7 Å². The van der Waals surface area contributed by atoms with Crippen LogP contribution >= 0.6 is 12.2 Å². The summed E-state index contributed by atoms with van der Waals surface area (Å²) in [5, 5.41) is 9.42. The molecule has 1 fully saturated rings. The van der Waals surface area contributed by atoms with Crippen LogP contribution in [0.3, 0.4) is 0 Å². The fraction of sp³-hybridized carbons (Fsp3) is 0.292. The molecule has 0 spiro atoms. The van der Waals surface area contributed by atoms with Crippen LogP contribution in [-0.4, -0.2) is 36.1 Å². The summed E-state index contributed by atoms with van der Waals surface area (Å²) < 4.78 is 10.9. The maximum Gasteiger partial charge on any atom is 0.354 e. The highest BCUT2D eigenvalue weighted by atomic mass is 32.1. The molecule has 1 aliphatic heterocycles. The average Bonchev–Trinajstić information content (AvgIpc) is 2.78. The van der Waals surface area contributed by atoms with Gasteiger partial charge in [-0.15, -0.1) is 0 Å². The number of benzene rings is 2. The number of piperidine rings is 1. The van der Waals surface area contributed by atoms with E-state index in [0.717, 1.165) is 42.0 Å². The number of esters is 1. The van der Waals surface area contributed by atoms with E-state index in [4.69, 9.17) is 21.7 Å². The van der Waals surface area contributed by atoms with Crippen molar-refractivity contribution in [3.8, 4) is 17.6 Å². The summed E-state index contributed by atoms with van der Waals surface area (Å²) in [5.41, 5.74) is 1.43. The first kappa shape index (κ1) is 21.5. The van der Waals surface area contributed by atoms with Gasteiger partial charge in [0.25, 0.3) is 0 Å². The SMILES string of the molecule is COc1ccc(C(=S)N2CCC(C)CC2)cc1OC(=O)/C(C#N)=C/c1ccccc1. The molecule has 6 heteroatoms. The molecule has 5 nitrogen and oxygen atoms in total. The molecule has 0 amide bonds. The van der Waals surface area contributed by atoms with E-state index in [1.165, 1.54) is 13.2 Å². The number of ether oxygens (including phenoxy) is 2. The Morgan fingerprint density at radius 2 is 1.87 bits per heavy atom. The molecular weight excluding hydrogens is 396 g/mol. The van der Waals surface area contributed by atoms with E-state index in [1.807, 2.05) is 42.5 Å². The standard InChI is InChI=1S/C24H24N2O3S/c1-17-10-12-26(13-11-17)23(30)19-8-9-21(28-2)22(15-19)29-24(27)20(16-25)14-18-6-4-3-5-7-18/h3-9,14-15,17H,10-13H2,1-2H3/b20-14+.